The standard InChI is InChI=1S/C32H36F3N7O3S/c1-21-2-3-22-18-24(28(33)30(29(22)36-21)41-14-10-32(34,35)11-15-41)25-20-42(39-37-25)26-5-4-23(38-46(44,45)17-16-43)19-27(26)40-12-8-31(6-7-31)9-13-40/h2-5,18-20,38,43H,6-17H2,1H3. The SMILES string of the molecule is Cc1ccc2cc(-c3cn(-c4ccc(NS(=O)(=O)CCO)cc4N4CCC5(CC4)CC5)nn3)c(F)c(N3CCC(F)(F)CC3)c2n1. The predicted octanol–water partition coefficient (Wildman–Crippen LogP) is 5.28. The molecule has 244 valence electrons. The van der Waals surface area contributed by atoms with Crippen LogP contribution in [0.15, 0.2) is 42.6 Å². The Morgan fingerprint density at radius 2 is 1.65 bits per heavy atom. The van der Waals surface area contributed by atoms with Crippen molar-refractivity contribution in [2.75, 3.05) is 53.1 Å². The molecule has 0 atom stereocenters. The normalized spacial score (nSPS) is 19.2. The number of nitrogens with one attached hydrogen (secondary N) is 1. The van der Waals surface area contributed by atoms with Gasteiger partial charge in [-0.3, -0.25) is 9.71 Å². The highest BCUT2D eigenvalue weighted by molar-refractivity contribution is 7.92. The Balaban J connectivity index is 1.28. The van der Waals surface area contributed by atoms with E-state index >= 15 is 4.39 Å². The summed E-state index contributed by atoms with van der Waals surface area (Å²) < 4.78 is 73.5. The van der Waals surface area contributed by atoms with E-state index in [-0.39, 0.29) is 42.9 Å². The molecule has 1 saturated carbocycles. The van der Waals surface area contributed by atoms with Gasteiger partial charge in [0.1, 0.15) is 11.4 Å². The molecule has 0 amide bonds. The summed E-state index contributed by atoms with van der Waals surface area (Å²) in [4.78, 5) is 8.43. The molecule has 14 heteroatoms. The number of hydrogen-bond acceptors (Lipinski definition) is 8. The fourth-order valence-corrected chi connectivity index (χ4v) is 7.47. The zero-order valence-corrected chi connectivity index (χ0v) is 26.3. The van der Waals surface area contributed by atoms with Gasteiger partial charge < -0.3 is 14.9 Å². The number of sulfonamides is 1. The number of hydrogen-bond donors (Lipinski definition) is 2. The molecule has 1 spiro atoms. The van der Waals surface area contributed by atoms with Crippen molar-refractivity contribution in [2.24, 2.45) is 5.41 Å². The van der Waals surface area contributed by atoms with Gasteiger partial charge in [-0.1, -0.05) is 11.3 Å². The number of anilines is 3. The van der Waals surface area contributed by atoms with Gasteiger partial charge in [-0.25, -0.2) is 26.3 Å². The van der Waals surface area contributed by atoms with Crippen LogP contribution in [0.3, 0.4) is 0 Å². The minimum absolute atomic E-state index is 0.000323. The summed E-state index contributed by atoms with van der Waals surface area (Å²) >= 11 is 0. The Bertz CT molecular complexity index is 1890. The maximum absolute atomic E-state index is 16.5. The number of benzene rings is 2. The molecule has 2 aromatic heterocycles. The zero-order valence-electron chi connectivity index (χ0n) is 25.5. The molecular formula is C32H36F3N7O3S. The second-order valence-corrected chi connectivity index (χ2v) is 14.7. The van der Waals surface area contributed by atoms with Crippen molar-refractivity contribution in [3.05, 3.63) is 54.1 Å². The van der Waals surface area contributed by atoms with Gasteiger partial charge in [0, 0.05) is 55.7 Å². The molecule has 2 N–H and O–H groups in total. The Morgan fingerprint density at radius 3 is 2.35 bits per heavy atom. The predicted molar refractivity (Wildman–Crippen MR) is 171 cm³/mol. The van der Waals surface area contributed by atoms with Crippen molar-refractivity contribution in [1.82, 2.24) is 20.0 Å². The largest absolute Gasteiger partial charge is 0.395 e. The Hall–Kier alpha value is -3.91. The van der Waals surface area contributed by atoms with Gasteiger partial charge in [-0.05, 0) is 68.4 Å². The van der Waals surface area contributed by atoms with Crippen LogP contribution in [-0.4, -0.2) is 78.0 Å². The lowest BCUT2D eigenvalue weighted by atomic mass is 9.93. The van der Waals surface area contributed by atoms with Crippen molar-refractivity contribution < 1.29 is 26.7 Å². The minimum atomic E-state index is -3.74. The highest BCUT2D eigenvalue weighted by Gasteiger charge is 2.44. The van der Waals surface area contributed by atoms with Gasteiger partial charge in [0.2, 0.25) is 10.0 Å². The molecule has 2 aromatic carbocycles. The van der Waals surface area contributed by atoms with Crippen molar-refractivity contribution in [3.63, 3.8) is 0 Å². The first-order valence-electron chi connectivity index (χ1n) is 15.6. The smallest absolute Gasteiger partial charge is 0.251 e. The van der Waals surface area contributed by atoms with E-state index in [0.717, 1.165) is 31.6 Å². The van der Waals surface area contributed by atoms with E-state index in [1.807, 2.05) is 12.1 Å². The summed E-state index contributed by atoms with van der Waals surface area (Å²) in [6.45, 7) is 2.90. The van der Waals surface area contributed by atoms with E-state index in [0.29, 0.717) is 33.4 Å². The quantitative estimate of drug-likeness (QED) is 0.264. The number of piperidine rings is 2. The van der Waals surface area contributed by atoms with Gasteiger partial charge in [-0.2, -0.15) is 0 Å². The topological polar surface area (TPSA) is 116 Å². The number of fused-ring (bicyclic) bond motifs is 1. The van der Waals surface area contributed by atoms with Crippen LogP contribution < -0.4 is 14.5 Å². The third-order valence-electron chi connectivity index (χ3n) is 9.59. The van der Waals surface area contributed by atoms with Crippen LogP contribution in [-0.2, 0) is 10.0 Å². The van der Waals surface area contributed by atoms with E-state index in [1.54, 1.807) is 47.0 Å². The number of alkyl halides is 2. The van der Waals surface area contributed by atoms with Gasteiger partial charge in [0.25, 0.3) is 5.92 Å². The van der Waals surface area contributed by atoms with Gasteiger partial charge in [0.05, 0.1) is 41.1 Å². The molecule has 2 saturated heterocycles. The average Bonchev–Trinajstić information content (AvgIpc) is 3.58. The fourth-order valence-electron chi connectivity index (χ4n) is 6.64. The van der Waals surface area contributed by atoms with Crippen LogP contribution in [0.25, 0.3) is 27.8 Å². The number of nitrogens with zero attached hydrogens (tertiary/aromatic N) is 6. The molecule has 2 aliphatic heterocycles. The highest BCUT2D eigenvalue weighted by atomic mass is 32.2. The molecule has 7 rings (SSSR count). The number of aliphatic hydroxyl groups excluding tert-OH is 1. The molecule has 0 unspecified atom stereocenters. The monoisotopic (exact) mass is 655 g/mol. The summed E-state index contributed by atoms with van der Waals surface area (Å²) in [5.41, 5.74) is 3.91. The molecular weight excluding hydrogens is 619 g/mol. The molecule has 10 nitrogen and oxygen atoms in total. The molecule has 4 heterocycles. The third kappa shape index (κ3) is 5.99. The summed E-state index contributed by atoms with van der Waals surface area (Å²) in [5.74, 6) is -3.80. The van der Waals surface area contributed by atoms with E-state index in [9.17, 15) is 22.3 Å². The first-order chi connectivity index (χ1) is 21.9. The van der Waals surface area contributed by atoms with Crippen molar-refractivity contribution in [3.8, 4) is 16.9 Å². The summed E-state index contributed by atoms with van der Waals surface area (Å²) in [5, 5.41) is 18.5. The van der Waals surface area contributed by atoms with Crippen molar-refractivity contribution in [1.29, 1.82) is 0 Å². The lowest BCUT2D eigenvalue weighted by molar-refractivity contribution is -0.0221. The number of aromatic nitrogens is 4. The van der Waals surface area contributed by atoms with Gasteiger partial charge in [-0.15, -0.1) is 5.10 Å². The lowest BCUT2D eigenvalue weighted by Crippen LogP contribution is -2.40. The van der Waals surface area contributed by atoms with Crippen LogP contribution in [0.2, 0.25) is 0 Å². The van der Waals surface area contributed by atoms with Crippen LogP contribution in [0, 0.1) is 18.2 Å². The molecule has 1 aliphatic carbocycles. The summed E-state index contributed by atoms with van der Waals surface area (Å²) in [6, 6.07) is 10.4. The number of aliphatic hydroxyl groups is 1. The maximum Gasteiger partial charge on any atom is 0.251 e. The maximum atomic E-state index is 16.5. The van der Waals surface area contributed by atoms with E-state index in [2.05, 4.69) is 24.9 Å². The average molecular weight is 656 g/mol. The Kier molecular flexibility index (Phi) is 7.62. The van der Waals surface area contributed by atoms with Crippen LogP contribution in [0.4, 0.5) is 30.2 Å². The second kappa shape index (κ2) is 11.4. The molecule has 0 radical (unpaired) electrons. The molecule has 3 aliphatic rings. The lowest BCUT2D eigenvalue weighted by Gasteiger charge is -2.35. The summed E-state index contributed by atoms with van der Waals surface area (Å²) in [7, 11) is -3.74. The third-order valence-corrected chi connectivity index (χ3v) is 10.9. The van der Waals surface area contributed by atoms with Crippen LogP contribution in [0.1, 0.15) is 44.2 Å². The van der Waals surface area contributed by atoms with Crippen molar-refractivity contribution >= 4 is 38.0 Å². The zero-order chi connectivity index (χ0) is 32.3. The van der Waals surface area contributed by atoms with Crippen molar-refractivity contribution in [2.45, 2.75) is 51.4 Å². The number of aryl methyl sites for hydroxylation is 1. The van der Waals surface area contributed by atoms with Gasteiger partial charge in [0.15, 0.2) is 5.82 Å². The highest BCUT2D eigenvalue weighted by Crippen LogP contribution is 2.54. The first kappa shape index (κ1) is 30.7. The Labute approximate surface area is 265 Å². The van der Waals surface area contributed by atoms with E-state index in [1.165, 1.54) is 12.8 Å². The van der Waals surface area contributed by atoms with Crippen LogP contribution in [0.5, 0.6) is 0 Å². The first-order valence-corrected chi connectivity index (χ1v) is 17.3. The Morgan fingerprint density at radius 1 is 0.935 bits per heavy atom. The molecule has 4 aromatic rings. The summed E-state index contributed by atoms with van der Waals surface area (Å²) in [6.07, 6.45) is 5.43. The molecule has 46 heavy (non-hydrogen) atoms. The fraction of sp³-hybridized carbons (Fsp3) is 0.469. The van der Waals surface area contributed by atoms with Crippen LogP contribution >= 0.6 is 0 Å². The number of pyridine rings is 1. The minimum Gasteiger partial charge on any atom is -0.395 e. The van der Waals surface area contributed by atoms with E-state index in [4.69, 9.17) is 0 Å². The number of halogens is 3. The number of rotatable bonds is 8. The van der Waals surface area contributed by atoms with E-state index < -0.39 is 34.1 Å². The van der Waals surface area contributed by atoms with Gasteiger partial charge >= 0.3 is 0 Å². The second-order valence-electron chi connectivity index (χ2n) is 12.8. The molecule has 0 bridgehead atoms. The molecule has 3 fully saturated rings.